The zero-order valence-electron chi connectivity index (χ0n) is 19.3. The summed E-state index contributed by atoms with van der Waals surface area (Å²) in [6.07, 6.45) is 3.97. The zero-order chi connectivity index (χ0) is 23.8. The summed E-state index contributed by atoms with van der Waals surface area (Å²) in [6.45, 7) is 5.63. The molecule has 0 amide bonds. The maximum Gasteiger partial charge on any atom is 0.322 e. The number of rotatable bonds is 7. The van der Waals surface area contributed by atoms with E-state index in [1.807, 2.05) is 19.9 Å². The lowest BCUT2D eigenvalue weighted by Gasteiger charge is -2.39. The maximum absolute atomic E-state index is 13.6. The van der Waals surface area contributed by atoms with Gasteiger partial charge in [0.2, 0.25) is 11.8 Å². The van der Waals surface area contributed by atoms with Crippen LogP contribution in [0.15, 0.2) is 30.5 Å². The summed E-state index contributed by atoms with van der Waals surface area (Å²) in [5, 5.41) is 16.1. The smallest absolute Gasteiger partial charge is 0.322 e. The Morgan fingerprint density at radius 2 is 1.76 bits per heavy atom. The molecular weight excluding hydrogens is 444 g/mol. The Morgan fingerprint density at radius 3 is 2.41 bits per heavy atom. The van der Waals surface area contributed by atoms with Gasteiger partial charge in [0.25, 0.3) is 0 Å². The van der Waals surface area contributed by atoms with Crippen LogP contribution in [0.3, 0.4) is 0 Å². The van der Waals surface area contributed by atoms with Gasteiger partial charge in [-0.3, -0.25) is 0 Å². The minimum atomic E-state index is -0.714. The Morgan fingerprint density at radius 1 is 1.06 bits per heavy atom. The van der Waals surface area contributed by atoms with Gasteiger partial charge in [-0.05, 0) is 38.5 Å². The Bertz CT molecular complexity index is 1140. The van der Waals surface area contributed by atoms with E-state index in [0.717, 1.165) is 49.8 Å². The number of benzene rings is 1. The molecule has 34 heavy (non-hydrogen) atoms. The number of nitrogens with zero attached hydrogens (tertiary/aromatic N) is 6. The van der Waals surface area contributed by atoms with Gasteiger partial charge in [0.05, 0.1) is 25.0 Å². The SMILES string of the molecule is COc1cc(N2C[C@H]3CC[C@H](C2)C3Nc2nc(Oc3cc(F)cc(F)c3)n(C(C)C)n2)cnn1. The molecule has 1 saturated heterocycles. The molecule has 1 saturated carbocycles. The van der Waals surface area contributed by atoms with Crippen molar-refractivity contribution in [2.24, 2.45) is 11.8 Å². The van der Waals surface area contributed by atoms with Crippen molar-refractivity contribution in [2.75, 3.05) is 30.4 Å². The molecular formula is C23H27F2N7O2. The highest BCUT2D eigenvalue weighted by atomic mass is 19.1. The number of nitrogens with one attached hydrogen (secondary N) is 1. The fourth-order valence-corrected chi connectivity index (χ4v) is 4.90. The van der Waals surface area contributed by atoms with E-state index in [4.69, 9.17) is 9.47 Å². The molecule has 1 aromatic carbocycles. The molecule has 2 atom stereocenters. The second kappa shape index (κ2) is 9.03. The largest absolute Gasteiger partial charge is 0.480 e. The summed E-state index contributed by atoms with van der Waals surface area (Å²) in [4.78, 5) is 6.83. The molecule has 1 aliphatic carbocycles. The molecule has 2 fully saturated rings. The van der Waals surface area contributed by atoms with Crippen molar-refractivity contribution in [1.29, 1.82) is 0 Å². The summed E-state index contributed by atoms with van der Waals surface area (Å²) in [5.74, 6) is 0.371. The van der Waals surface area contributed by atoms with Crippen molar-refractivity contribution < 1.29 is 18.3 Å². The number of fused-ring (bicyclic) bond motifs is 2. The van der Waals surface area contributed by atoms with E-state index in [0.29, 0.717) is 23.7 Å². The maximum atomic E-state index is 13.6. The van der Waals surface area contributed by atoms with Gasteiger partial charge < -0.3 is 19.7 Å². The van der Waals surface area contributed by atoms with E-state index in [-0.39, 0.29) is 23.8 Å². The molecule has 5 rings (SSSR count). The van der Waals surface area contributed by atoms with Crippen LogP contribution >= 0.6 is 0 Å². The van der Waals surface area contributed by atoms with Gasteiger partial charge in [-0.25, -0.2) is 13.5 Å². The molecule has 11 heteroatoms. The van der Waals surface area contributed by atoms with Crippen LogP contribution in [0.1, 0.15) is 32.7 Å². The van der Waals surface area contributed by atoms with Gasteiger partial charge in [-0.15, -0.1) is 10.2 Å². The van der Waals surface area contributed by atoms with Gasteiger partial charge in [-0.2, -0.15) is 10.1 Å². The van der Waals surface area contributed by atoms with Crippen molar-refractivity contribution in [3.05, 3.63) is 42.1 Å². The molecule has 3 aromatic rings. The van der Waals surface area contributed by atoms with Gasteiger partial charge >= 0.3 is 6.01 Å². The molecule has 0 radical (unpaired) electrons. The zero-order valence-corrected chi connectivity index (χ0v) is 19.3. The molecule has 3 heterocycles. The van der Waals surface area contributed by atoms with Crippen LogP contribution < -0.4 is 19.7 Å². The quantitative estimate of drug-likeness (QED) is 0.552. The number of aromatic nitrogens is 5. The lowest BCUT2D eigenvalue weighted by atomic mass is 9.92. The number of methoxy groups -OCH3 is 1. The Labute approximate surface area is 196 Å². The summed E-state index contributed by atoms with van der Waals surface area (Å²) < 4.78 is 39.7. The fraction of sp³-hybridized carbons (Fsp3) is 0.478. The molecule has 9 nitrogen and oxygen atoms in total. The first-order chi connectivity index (χ1) is 16.4. The van der Waals surface area contributed by atoms with Crippen LogP contribution in [-0.4, -0.2) is 51.2 Å². The molecule has 1 aliphatic heterocycles. The second-order valence-corrected chi connectivity index (χ2v) is 9.09. The highest BCUT2D eigenvalue weighted by Crippen LogP contribution is 2.40. The number of piperidine rings is 1. The minimum absolute atomic E-state index is 0.0353. The third-order valence-electron chi connectivity index (χ3n) is 6.46. The van der Waals surface area contributed by atoms with Gasteiger partial charge in [0, 0.05) is 43.4 Å². The van der Waals surface area contributed by atoms with Crippen molar-refractivity contribution in [1.82, 2.24) is 25.0 Å². The van der Waals surface area contributed by atoms with Crippen molar-refractivity contribution in [2.45, 2.75) is 38.8 Å². The predicted molar refractivity (Wildman–Crippen MR) is 121 cm³/mol. The predicted octanol–water partition coefficient (Wildman–Crippen LogP) is 4.06. The third kappa shape index (κ3) is 4.46. The molecule has 0 spiro atoms. The van der Waals surface area contributed by atoms with E-state index in [2.05, 4.69) is 30.5 Å². The average Bonchev–Trinajstić information content (AvgIpc) is 3.29. The lowest BCUT2D eigenvalue weighted by Crippen LogP contribution is -2.48. The number of ether oxygens (including phenoxy) is 2. The van der Waals surface area contributed by atoms with Crippen molar-refractivity contribution >= 4 is 11.6 Å². The first kappa shape index (κ1) is 22.3. The van der Waals surface area contributed by atoms with Crippen LogP contribution in [0.4, 0.5) is 20.4 Å². The Hall–Kier alpha value is -3.50. The van der Waals surface area contributed by atoms with Crippen LogP contribution in [-0.2, 0) is 0 Å². The first-order valence-corrected chi connectivity index (χ1v) is 11.4. The van der Waals surface area contributed by atoms with E-state index < -0.39 is 11.6 Å². The van der Waals surface area contributed by atoms with Gasteiger partial charge in [0.1, 0.15) is 17.4 Å². The fourth-order valence-electron chi connectivity index (χ4n) is 4.90. The van der Waals surface area contributed by atoms with E-state index in [9.17, 15) is 8.78 Å². The van der Waals surface area contributed by atoms with Crippen LogP contribution in [0.2, 0.25) is 0 Å². The molecule has 0 unspecified atom stereocenters. The van der Waals surface area contributed by atoms with Crippen LogP contribution in [0, 0.1) is 23.5 Å². The normalized spacial score (nSPS) is 21.7. The Balaban J connectivity index is 1.32. The highest BCUT2D eigenvalue weighted by Gasteiger charge is 2.43. The van der Waals surface area contributed by atoms with Crippen LogP contribution in [0.25, 0.3) is 0 Å². The van der Waals surface area contributed by atoms with E-state index in [1.165, 1.54) is 0 Å². The lowest BCUT2D eigenvalue weighted by molar-refractivity contribution is 0.371. The number of anilines is 2. The topological polar surface area (TPSA) is 90.2 Å². The standard InChI is InChI=1S/C23H27F2N7O2/c1-13(2)32-23(34-19-7-16(24)6-17(25)8-19)28-22(30-32)27-21-14-4-5-15(21)12-31(11-14)18-9-20(33-3)29-26-10-18/h6-10,13-15,21H,4-5,11-12H2,1-3H3,(H,27,30)/t14-,15-/m1/s1. The van der Waals surface area contributed by atoms with Crippen molar-refractivity contribution in [3.8, 4) is 17.6 Å². The summed E-state index contributed by atoms with van der Waals surface area (Å²) in [6, 6.07) is 5.29. The molecule has 2 bridgehead atoms. The monoisotopic (exact) mass is 471 g/mol. The van der Waals surface area contributed by atoms with Gasteiger partial charge in [-0.1, -0.05) is 0 Å². The number of hydrogen-bond acceptors (Lipinski definition) is 8. The summed E-state index contributed by atoms with van der Waals surface area (Å²) >= 11 is 0. The summed E-state index contributed by atoms with van der Waals surface area (Å²) in [7, 11) is 1.58. The number of hydrogen-bond donors (Lipinski definition) is 1. The molecule has 2 aromatic heterocycles. The van der Waals surface area contributed by atoms with E-state index >= 15 is 0 Å². The molecule has 180 valence electrons. The average molecular weight is 472 g/mol. The van der Waals surface area contributed by atoms with E-state index in [1.54, 1.807) is 18.0 Å². The van der Waals surface area contributed by atoms with Gasteiger partial charge in [0.15, 0.2) is 0 Å². The minimum Gasteiger partial charge on any atom is -0.480 e. The number of halogens is 2. The van der Waals surface area contributed by atoms with Crippen molar-refractivity contribution in [3.63, 3.8) is 0 Å². The molecule has 1 N–H and O–H groups in total. The molecule has 2 aliphatic rings. The highest BCUT2D eigenvalue weighted by molar-refractivity contribution is 5.48. The Kier molecular flexibility index (Phi) is 5.93. The second-order valence-electron chi connectivity index (χ2n) is 9.09. The first-order valence-electron chi connectivity index (χ1n) is 11.4. The van der Waals surface area contributed by atoms with Crippen LogP contribution in [0.5, 0.6) is 17.6 Å². The summed E-state index contributed by atoms with van der Waals surface area (Å²) in [5.41, 5.74) is 1.00. The third-order valence-corrected chi connectivity index (χ3v) is 6.46.